The highest BCUT2D eigenvalue weighted by Crippen LogP contribution is 2.43. The molecule has 0 spiro atoms. The summed E-state index contributed by atoms with van der Waals surface area (Å²) in [6.07, 6.45) is 48.4. The second-order valence-electron chi connectivity index (χ2n) is 16.4. The van der Waals surface area contributed by atoms with Crippen LogP contribution in [0.5, 0.6) is 0 Å². The minimum Gasteiger partial charge on any atom is -0.462 e. The number of phosphoric acid groups is 1. The largest absolute Gasteiger partial charge is 0.472 e. The second-order valence-corrected chi connectivity index (χ2v) is 17.9. The van der Waals surface area contributed by atoms with Gasteiger partial charge in [-0.15, -0.1) is 0 Å². The minimum atomic E-state index is -4.39. The van der Waals surface area contributed by atoms with Gasteiger partial charge in [-0.3, -0.25) is 18.6 Å². The third-order valence-electron chi connectivity index (χ3n) is 9.52. The molecule has 0 amide bonds. The molecule has 0 aliphatic rings. The van der Waals surface area contributed by atoms with Crippen LogP contribution in [0.15, 0.2) is 60.8 Å². The molecule has 0 heterocycles. The van der Waals surface area contributed by atoms with Gasteiger partial charge in [-0.1, -0.05) is 152 Å². The third kappa shape index (κ3) is 43.3. The van der Waals surface area contributed by atoms with Crippen molar-refractivity contribution in [3.63, 3.8) is 0 Å². The van der Waals surface area contributed by atoms with Crippen molar-refractivity contribution < 1.29 is 42.1 Å². The van der Waals surface area contributed by atoms with E-state index in [1.54, 1.807) is 0 Å². The molecular formula is C48H87NO8P+. The Labute approximate surface area is 356 Å². The third-order valence-corrected chi connectivity index (χ3v) is 10.5. The number of quaternary nitrogens is 1. The van der Waals surface area contributed by atoms with Crippen LogP contribution >= 0.6 is 7.82 Å². The summed E-state index contributed by atoms with van der Waals surface area (Å²) in [5, 5.41) is 0. The highest BCUT2D eigenvalue weighted by molar-refractivity contribution is 7.47. The van der Waals surface area contributed by atoms with Crippen molar-refractivity contribution in [1.82, 2.24) is 0 Å². The molecule has 0 aliphatic heterocycles. The molecule has 0 saturated heterocycles. The Morgan fingerprint density at radius 2 is 0.948 bits per heavy atom. The monoisotopic (exact) mass is 837 g/mol. The number of hydrogen-bond acceptors (Lipinski definition) is 7. The summed E-state index contributed by atoms with van der Waals surface area (Å²) in [6.45, 7) is 4.32. The van der Waals surface area contributed by atoms with Gasteiger partial charge in [0.1, 0.15) is 19.8 Å². The first-order valence-corrected chi connectivity index (χ1v) is 24.5. The Morgan fingerprint density at radius 1 is 0.534 bits per heavy atom. The number of nitrogens with zero attached hydrogens (tertiary/aromatic N) is 1. The Balaban J connectivity index is 4.44. The highest BCUT2D eigenvalue weighted by Gasteiger charge is 2.27. The Morgan fingerprint density at radius 3 is 1.47 bits per heavy atom. The SMILES string of the molecule is CCCCC/C=C\C/C=C\CCCCCCCCCC(=O)OC[C@H](COP(=O)(O)OCC[N+](C)(C)C)OC(=O)CCC/C=C\C/C=C\C/C=C\CCCCCCCC. The number of rotatable bonds is 41. The number of likely N-dealkylation sites (N-methyl/N-ethyl adjacent to an activating group) is 1. The lowest BCUT2D eigenvalue weighted by atomic mass is 10.1. The summed E-state index contributed by atoms with van der Waals surface area (Å²) in [6, 6.07) is 0. The standard InChI is InChI=1S/C48H86NO8P/c1-6-8-10-12-14-16-18-20-22-24-26-28-30-32-34-36-38-40-47(50)54-44-46(45-56-58(52,53)55-43-42-49(3,4)5)57-48(51)41-39-37-35-33-31-29-27-25-23-21-19-17-15-13-11-9-7-2/h14,16,20-23,27,29,33,35,46H,6-13,15,17-19,24-26,28,30-32,34,36-45H2,1-5H3/p+1/b16-14-,22-20-,23-21-,29-27-,35-33-/t46-/m1/s1. The highest BCUT2D eigenvalue weighted by atomic mass is 31.2. The molecular weight excluding hydrogens is 750 g/mol. The number of unbranched alkanes of at least 4 members (excludes halogenated alkanes) is 17. The van der Waals surface area contributed by atoms with Gasteiger partial charge in [-0.25, -0.2) is 4.57 Å². The lowest BCUT2D eigenvalue weighted by Gasteiger charge is -2.24. The first-order chi connectivity index (χ1) is 28.0. The van der Waals surface area contributed by atoms with Crippen LogP contribution in [0.2, 0.25) is 0 Å². The molecule has 9 nitrogen and oxygen atoms in total. The fourth-order valence-electron chi connectivity index (χ4n) is 5.88. The van der Waals surface area contributed by atoms with Crippen molar-refractivity contribution in [3.8, 4) is 0 Å². The van der Waals surface area contributed by atoms with Crippen LogP contribution in [-0.2, 0) is 32.7 Å². The zero-order valence-electron chi connectivity index (χ0n) is 37.8. The van der Waals surface area contributed by atoms with E-state index >= 15 is 0 Å². The number of allylic oxidation sites excluding steroid dienone is 10. The number of carbonyl (C=O) groups is 2. The van der Waals surface area contributed by atoms with E-state index in [1.807, 2.05) is 21.1 Å². The van der Waals surface area contributed by atoms with Crippen LogP contribution in [-0.4, -0.2) is 74.9 Å². The van der Waals surface area contributed by atoms with Crippen LogP contribution in [0.1, 0.15) is 181 Å². The average molecular weight is 837 g/mol. The predicted molar refractivity (Wildman–Crippen MR) is 243 cm³/mol. The molecule has 0 radical (unpaired) electrons. The van der Waals surface area contributed by atoms with Gasteiger partial charge < -0.3 is 18.9 Å². The average Bonchev–Trinajstić information content (AvgIpc) is 3.17. The van der Waals surface area contributed by atoms with Gasteiger partial charge in [0.15, 0.2) is 6.10 Å². The van der Waals surface area contributed by atoms with E-state index in [-0.39, 0.29) is 26.1 Å². The van der Waals surface area contributed by atoms with Crippen LogP contribution < -0.4 is 0 Å². The predicted octanol–water partition coefficient (Wildman–Crippen LogP) is 13.2. The van der Waals surface area contributed by atoms with Crippen LogP contribution in [0.4, 0.5) is 0 Å². The van der Waals surface area contributed by atoms with Gasteiger partial charge in [-0.05, 0) is 77.0 Å². The van der Waals surface area contributed by atoms with Crippen molar-refractivity contribution in [2.45, 2.75) is 187 Å². The maximum absolute atomic E-state index is 12.7. The lowest BCUT2D eigenvalue weighted by Crippen LogP contribution is -2.37. The van der Waals surface area contributed by atoms with E-state index in [2.05, 4.69) is 74.6 Å². The summed E-state index contributed by atoms with van der Waals surface area (Å²) in [7, 11) is 1.43. The summed E-state index contributed by atoms with van der Waals surface area (Å²) in [5.74, 6) is -0.871. The van der Waals surface area contributed by atoms with Gasteiger partial charge in [0.2, 0.25) is 0 Å². The zero-order valence-corrected chi connectivity index (χ0v) is 38.7. The topological polar surface area (TPSA) is 108 Å². The zero-order chi connectivity index (χ0) is 42.8. The van der Waals surface area contributed by atoms with Crippen molar-refractivity contribution in [1.29, 1.82) is 0 Å². The summed E-state index contributed by atoms with van der Waals surface area (Å²) in [4.78, 5) is 35.4. The van der Waals surface area contributed by atoms with Crippen LogP contribution in [0, 0.1) is 0 Å². The normalized spacial score (nSPS) is 14.1. The molecule has 2 atom stereocenters. The molecule has 0 bridgehead atoms. The molecule has 0 aromatic heterocycles. The number of esters is 2. The summed E-state index contributed by atoms with van der Waals surface area (Å²) >= 11 is 0. The molecule has 58 heavy (non-hydrogen) atoms. The van der Waals surface area contributed by atoms with E-state index in [9.17, 15) is 19.0 Å². The van der Waals surface area contributed by atoms with Crippen molar-refractivity contribution in [2.24, 2.45) is 0 Å². The summed E-state index contributed by atoms with van der Waals surface area (Å²) in [5.41, 5.74) is 0. The van der Waals surface area contributed by atoms with Crippen molar-refractivity contribution in [2.75, 3.05) is 47.5 Å². The van der Waals surface area contributed by atoms with Crippen LogP contribution in [0.25, 0.3) is 0 Å². The van der Waals surface area contributed by atoms with Gasteiger partial charge in [0.25, 0.3) is 0 Å². The summed E-state index contributed by atoms with van der Waals surface area (Å²) < 4.78 is 34.3. The number of phosphoric ester groups is 1. The maximum Gasteiger partial charge on any atom is 0.472 e. The minimum absolute atomic E-state index is 0.0189. The van der Waals surface area contributed by atoms with E-state index in [0.29, 0.717) is 17.4 Å². The first kappa shape index (κ1) is 55.7. The quantitative estimate of drug-likeness (QED) is 0.0213. The fraction of sp³-hybridized carbons (Fsp3) is 0.750. The molecule has 0 rings (SSSR count). The molecule has 0 fully saturated rings. The molecule has 0 saturated carbocycles. The molecule has 336 valence electrons. The molecule has 10 heteroatoms. The number of carbonyl (C=O) groups excluding carboxylic acids is 2. The van der Waals surface area contributed by atoms with Gasteiger partial charge in [-0.2, -0.15) is 0 Å². The number of hydrogen-bond donors (Lipinski definition) is 1. The van der Waals surface area contributed by atoms with Crippen molar-refractivity contribution in [3.05, 3.63) is 60.8 Å². The van der Waals surface area contributed by atoms with Gasteiger partial charge in [0.05, 0.1) is 27.7 Å². The maximum atomic E-state index is 12.7. The van der Waals surface area contributed by atoms with Crippen LogP contribution in [0.3, 0.4) is 0 Å². The molecule has 1 unspecified atom stereocenters. The van der Waals surface area contributed by atoms with Gasteiger partial charge >= 0.3 is 19.8 Å². The molecule has 1 N–H and O–H groups in total. The molecule has 0 aromatic carbocycles. The Bertz CT molecular complexity index is 1170. The molecule has 0 aromatic rings. The molecule has 0 aliphatic carbocycles. The second kappa shape index (κ2) is 40.1. The first-order valence-electron chi connectivity index (χ1n) is 23.0. The van der Waals surface area contributed by atoms with E-state index in [4.69, 9.17) is 18.5 Å². The van der Waals surface area contributed by atoms with Gasteiger partial charge in [0, 0.05) is 12.8 Å². The van der Waals surface area contributed by atoms with E-state index < -0.39 is 32.5 Å². The van der Waals surface area contributed by atoms with E-state index in [1.165, 1.54) is 83.5 Å². The fourth-order valence-corrected chi connectivity index (χ4v) is 6.62. The van der Waals surface area contributed by atoms with E-state index in [0.717, 1.165) is 64.2 Å². The Hall–Kier alpha value is -2.29. The Kier molecular flexibility index (Phi) is 38.5. The van der Waals surface area contributed by atoms with Crippen molar-refractivity contribution >= 4 is 19.8 Å². The number of ether oxygens (including phenoxy) is 2. The lowest BCUT2D eigenvalue weighted by molar-refractivity contribution is -0.870. The smallest absolute Gasteiger partial charge is 0.462 e.